The first-order valence-corrected chi connectivity index (χ1v) is 5.71. The second-order valence-corrected chi connectivity index (χ2v) is 4.54. The molecule has 2 aromatic rings. The van der Waals surface area contributed by atoms with Gasteiger partial charge in [0.1, 0.15) is 5.76 Å². The van der Waals surface area contributed by atoms with E-state index in [0.717, 1.165) is 29.2 Å². The van der Waals surface area contributed by atoms with Gasteiger partial charge >= 0.3 is 0 Å². The third-order valence-electron chi connectivity index (χ3n) is 3.32. The predicted octanol–water partition coefficient (Wildman–Crippen LogP) is 2.43. The molecule has 0 spiro atoms. The van der Waals surface area contributed by atoms with Crippen molar-refractivity contribution in [2.24, 2.45) is 0 Å². The molecule has 1 aliphatic heterocycles. The van der Waals surface area contributed by atoms with Gasteiger partial charge in [0.15, 0.2) is 0 Å². The van der Waals surface area contributed by atoms with Gasteiger partial charge in [-0.05, 0) is 38.2 Å². The second-order valence-electron chi connectivity index (χ2n) is 4.54. The molecule has 0 aliphatic carbocycles. The molecule has 1 aliphatic rings. The summed E-state index contributed by atoms with van der Waals surface area (Å²) in [5.74, 6) is 1.68. The first-order chi connectivity index (χ1) is 8.15. The van der Waals surface area contributed by atoms with E-state index in [1.807, 2.05) is 24.3 Å². The number of hydrogen-bond donors (Lipinski definition) is 1. The van der Waals surface area contributed by atoms with Crippen LogP contribution < -0.4 is 5.73 Å². The van der Waals surface area contributed by atoms with Crippen molar-refractivity contribution in [3.63, 3.8) is 0 Å². The molecule has 17 heavy (non-hydrogen) atoms. The van der Waals surface area contributed by atoms with Gasteiger partial charge in [-0.2, -0.15) is 0 Å². The number of oxazole rings is 1. The fraction of sp³-hybridized carbons (Fsp3) is 0.308. The molecule has 0 amide bonds. The number of nitrogens with zero attached hydrogens (tertiary/aromatic N) is 2. The SMILES string of the molecule is CC1c2oc(-c3ccc(N)cc3)nc2CN1C. The van der Waals surface area contributed by atoms with Crippen LogP contribution in [0, 0.1) is 0 Å². The average Bonchev–Trinajstić information content (AvgIpc) is 2.82. The van der Waals surface area contributed by atoms with Crippen molar-refractivity contribution in [1.29, 1.82) is 0 Å². The van der Waals surface area contributed by atoms with E-state index in [-0.39, 0.29) is 0 Å². The van der Waals surface area contributed by atoms with Crippen LogP contribution in [0.3, 0.4) is 0 Å². The maximum absolute atomic E-state index is 5.84. The van der Waals surface area contributed by atoms with Gasteiger partial charge in [0.25, 0.3) is 0 Å². The molecule has 88 valence electrons. The number of anilines is 1. The lowest BCUT2D eigenvalue weighted by molar-refractivity contribution is 0.259. The second kappa shape index (κ2) is 3.60. The van der Waals surface area contributed by atoms with E-state index in [1.54, 1.807) is 0 Å². The standard InChI is InChI=1S/C13H15N3O/c1-8-12-11(7-16(8)2)15-13(17-12)9-3-5-10(14)6-4-9/h3-6,8H,7,14H2,1-2H3. The van der Waals surface area contributed by atoms with E-state index in [1.165, 1.54) is 0 Å². The third-order valence-corrected chi connectivity index (χ3v) is 3.32. The smallest absolute Gasteiger partial charge is 0.226 e. The van der Waals surface area contributed by atoms with Gasteiger partial charge in [-0.3, -0.25) is 4.90 Å². The summed E-state index contributed by atoms with van der Waals surface area (Å²) in [6.45, 7) is 2.98. The minimum atomic E-state index is 0.306. The molecular weight excluding hydrogens is 214 g/mol. The van der Waals surface area contributed by atoms with E-state index < -0.39 is 0 Å². The van der Waals surface area contributed by atoms with Crippen LogP contribution in [0.5, 0.6) is 0 Å². The molecule has 1 aromatic carbocycles. The Labute approximate surface area is 100 Å². The lowest BCUT2D eigenvalue weighted by Gasteiger charge is -2.13. The summed E-state index contributed by atoms with van der Waals surface area (Å²) in [4.78, 5) is 6.76. The molecule has 3 rings (SSSR count). The van der Waals surface area contributed by atoms with Crippen LogP contribution >= 0.6 is 0 Å². The van der Waals surface area contributed by atoms with Gasteiger partial charge in [0.05, 0.1) is 11.7 Å². The van der Waals surface area contributed by atoms with Gasteiger partial charge < -0.3 is 10.2 Å². The first kappa shape index (κ1) is 10.4. The van der Waals surface area contributed by atoms with Crippen molar-refractivity contribution >= 4 is 5.69 Å². The van der Waals surface area contributed by atoms with E-state index in [9.17, 15) is 0 Å². The number of hydrogen-bond acceptors (Lipinski definition) is 4. The highest BCUT2D eigenvalue weighted by Gasteiger charge is 2.30. The van der Waals surface area contributed by atoms with Crippen LogP contribution in [0.2, 0.25) is 0 Å². The minimum absolute atomic E-state index is 0.306. The molecule has 4 nitrogen and oxygen atoms in total. The summed E-state index contributed by atoms with van der Waals surface area (Å²) < 4.78 is 5.84. The van der Waals surface area contributed by atoms with E-state index >= 15 is 0 Å². The van der Waals surface area contributed by atoms with Crippen molar-refractivity contribution in [3.8, 4) is 11.5 Å². The van der Waals surface area contributed by atoms with Crippen molar-refractivity contribution < 1.29 is 4.42 Å². The molecule has 0 radical (unpaired) electrons. The zero-order valence-corrected chi connectivity index (χ0v) is 9.97. The van der Waals surface area contributed by atoms with Crippen LogP contribution in [-0.2, 0) is 6.54 Å². The van der Waals surface area contributed by atoms with Crippen LogP contribution in [0.1, 0.15) is 24.4 Å². The molecule has 2 heterocycles. The zero-order chi connectivity index (χ0) is 12.0. The summed E-state index contributed by atoms with van der Waals surface area (Å²) in [5, 5.41) is 0. The topological polar surface area (TPSA) is 55.3 Å². The highest BCUT2D eigenvalue weighted by molar-refractivity contribution is 5.57. The monoisotopic (exact) mass is 229 g/mol. The highest BCUT2D eigenvalue weighted by Crippen LogP contribution is 2.35. The number of aromatic nitrogens is 1. The fourth-order valence-electron chi connectivity index (χ4n) is 2.13. The van der Waals surface area contributed by atoms with E-state index in [2.05, 4.69) is 23.9 Å². The molecule has 0 bridgehead atoms. The van der Waals surface area contributed by atoms with Crippen LogP contribution in [0.4, 0.5) is 5.69 Å². The normalized spacial score (nSPS) is 19.5. The number of benzene rings is 1. The van der Waals surface area contributed by atoms with Crippen molar-refractivity contribution in [2.75, 3.05) is 12.8 Å². The number of nitrogen functional groups attached to an aromatic ring is 1. The lowest BCUT2D eigenvalue weighted by atomic mass is 10.2. The van der Waals surface area contributed by atoms with Gasteiger partial charge in [-0.1, -0.05) is 0 Å². The van der Waals surface area contributed by atoms with Crippen LogP contribution in [-0.4, -0.2) is 16.9 Å². The largest absolute Gasteiger partial charge is 0.439 e. The van der Waals surface area contributed by atoms with Crippen molar-refractivity contribution in [1.82, 2.24) is 9.88 Å². The van der Waals surface area contributed by atoms with Crippen LogP contribution in [0.15, 0.2) is 28.7 Å². The quantitative estimate of drug-likeness (QED) is 0.763. The summed E-state index contributed by atoms with van der Waals surface area (Å²) in [6, 6.07) is 7.90. The molecule has 0 saturated carbocycles. The summed E-state index contributed by atoms with van der Waals surface area (Å²) >= 11 is 0. The molecule has 1 unspecified atom stereocenters. The van der Waals surface area contributed by atoms with Gasteiger partial charge in [-0.15, -0.1) is 0 Å². The summed E-state index contributed by atoms with van der Waals surface area (Å²) in [5.41, 5.74) is 8.43. The Hall–Kier alpha value is -1.81. The van der Waals surface area contributed by atoms with E-state index in [4.69, 9.17) is 10.2 Å². The Balaban J connectivity index is 1.99. The Kier molecular flexibility index (Phi) is 2.19. The van der Waals surface area contributed by atoms with Gasteiger partial charge in [-0.25, -0.2) is 4.98 Å². The molecular formula is C13H15N3O. The maximum Gasteiger partial charge on any atom is 0.226 e. The Morgan fingerprint density at radius 2 is 2.06 bits per heavy atom. The fourth-order valence-corrected chi connectivity index (χ4v) is 2.13. The minimum Gasteiger partial charge on any atom is -0.439 e. The first-order valence-electron chi connectivity index (χ1n) is 5.71. The third kappa shape index (κ3) is 1.61. The Bertz CT molecular complexity index is 544. The number of rotatable bonds is 1. The van der Waals surface area contributed by atoms with Crippen LogP contribution in [0.25, 0.3) is 11.5 Å². The average molecular weight is 229 g/mol. The van der Waals surface area contributed by atoms with Gasteiger partial charge in [0, 0.05) is 17.8 Å². The lowest BCUT2D eigenvalue weighted by Crippen LogP contribution is -2.13. The molecule has 2 N–H and O–H groups in total. The molecule has 1 atom stereocenters. The number of fused-ring (bicyclic) bond motifs is 1. The van der Waals surface area contributed by atoms with Crippen molar-refractivity contribution in [2.45, 2.75) is 19.5 Å². The Morgan fingerprint density at radius 1 is 1.35 bits per heavy atom. The molecule has 1 aromatic heterocycles. The molecule has 0 saturated heterocycles. The highest BCUT2D eigenvalue weighted by atomic mass is 16.4. The Morgan fingerprint density at radius 3 is 2.71 bits per heavy atom. The summed E-state index contributed by atoms with van der Waals surface area (Å²) in [6.07, 6.45) is 0. The molecule has 0 fully saturated rings. The predicted molar refractivity (Wildman–Crippen MR) is 66.2 cm³/mol. The van der Waals surface area contributed by atoms with Crippen molar-refractivity contribution in [3.05, 3.63) is 35.7 Å². The summed E-state index contributed by atoms with van der Waals surface area (Å²) in [7, 11) is 2.07. The zero-order valence-electron chi connectivity index (χ0n) is 9.97. The molecule has 4 heteroatoms. The van der Waals surface area contributed by atoms with Gasteiger partial charge in [0.2, 0.25) is 5.89 Å². The number of nitrogens with two attached hydrogens (primary N) is 1. The maximum atomic E-state index is 5.84. The van der Waals surface area contributed by atoms with E-state index in [0.29, 0.717) is 11.9 Å².